The van der Waals surface area contributed by atoms with Gasteiger partial charge in [-0.25, -0.2) is 4.98 Å². The van der Waals surface area contributed by atoms with Gasteiger partial charge in [-0.1, -0.05) is 42.0 Å². The summed E-state index contributed by atoms with van der Waals surface area (Å²) in [6, 6.07) is 12.9. The second-order valence-corrected chi connectivity index (χ2v) is 7.25. The van der Waals surface area contributed by atoms with Crippen LogP contribution in [0.1, 0.15) is 29.1 Å². The molecule has 0 bridgehead atoms. The molecule has 3 rings (SSSR count). The van der Waals surface area contributed by atoms with Gasteiger partial charge in [0, 0.05) is 18.1 Å². The fourth-order valence-corrected chi connectivity index (χ4v) is 3.86. The Morgan fingerprint density at radius 1 is 1.22 bits per heavy atom. The van der Waals surface area contributed by atoms with Gasteiger partial charge in [-0.05, 0) is 41.3 Å². The first kappa shape index (κ1) is 16.1. The minimum atomic E-state index is 0.267. The normalized spacial score (nSPS) is 13.2. The predicted octanol–water partition coefficient (Wildman–Crippen LogP) is 5.18. The van der Waals surface area contributed by atoms with Gasteiger partial charge in [-0.3, -0.25) is 0 Å². The zero-order chi connectivity index (χ0) is 15.9. The van der Waals surface area contributed by atoms with Gasteiger partial charge in [0.1, 0.15) is 5.01 Å². The molecule has 118 valence electrons. The summed E-state index contributed by atoms with van der Waals surface area (Å²) in [5.74, 6) is 0. The van der Waals surface area contributed by atoms with E-state index in [0.717, 1.165) is 18.0 Å². The molecule has 2 heterocycles. The third-order valence-corrected chi connectivity index (χ3v) is 5.23. The summed E-state index contributed by atoms with van der Waals surface area (Å²) in [5, 5.41) is 11.2. The third kappa shape index (κ3) is 4.86. The Balaban J connectivity index is 1.65. The Kier molecular flexibility index (Phi) is 5.75. The molecular weight excluding hydrogens is 320 g/mol. The van der Waals surface area contributed by atoms with Crippen LogP contribution in [0.2, 0.25) is 0 Å². The first-order chi connectivity index (χ1) is 11.3. The summed E-state index contributed by atoms with van der Waals surface area (Å²) >= 11 is 3.47. The second kappa shape index (κ2) is 8.20. The Morgan fingerprint density at radius 2 is 2.09 bits per heavy atom. The van der Waals surface area contributed by atoms with Gasteiger partial charge in [0.25, 0.3) is 0 Å². The third-order valence-electron chi connectivity index (χ3n) is 3.61. The summed E-state index contributed by atoms with van der Waals surface area (Å²) in [6.07, 6.45) is 5.10. The maximum atomic E-state index is 4.50. The van der Waals surface area contributed by atoms with Crippen molar-refractivity contribution in [3.63, 3.8) is 0 Å². The summed E-state index contributed by atoms with van der Waals surface area (Å²) < 4.78 is 0. The number of aromatic nitrogens is 1. The van der Waals surface area contributed by atoms with Crippen LogP contribution >= 0.6 is 22.7 Å². The molecule has 0 aliphatic heterocycles. The van der Waals surface area contributed by atoms with Crippen molar-refractivity contribution in [1.82, 2.24) is 10.3 Å². The van der Waals surface area contributed by atoms with Crippen molar-refractivity contribution < 1.29 is 0 Å². The van der Waals surface area contributed by atoms with E-state index in [2.05, 4.69) is 64.4 Å². The van der Waals surface area contributed by atoms with Gasteiger partial charge in [0.05, 0.1) is 6.04 Å². The molecule has 0 amide bonds. The Labute approximate surface area is 145 Å². The molecule has 23 heavy (non-hydrogen) atoms. The van der Waals surface area contributed by atoms with E-state index >= 15 is 0 Å². The van der Waals surface area contributed by atoms with Crippen molar-refractivity contribution in [2.45, 2.75) is 19.4 Å². The minimum Gasteiger partial charge on any atom is -0.304 e. The monoisotopic (exact) mass is 340 g/mol. The van der Waals surface area contributed by atoms with Crippen LogP contribution in [0.25, 0.3) is 6.08 Å². The molecule has 0 saturated heterocycles. The first-order valence-electron chi connectivity index (χ1n) is 7.67. The van der Waals surface area contributed by atoms with E-state index in [1.807, 2.05) is 17.6 Å². The molecule has 1 N–H and O–H groups in total. The van der Waals surface area contributed by atoms with Crippen LogP contribution < -0.4 is 5.32 Å². The van der Waals surface area contributed by atoms with E-state index in [0.29, 0.717) is 0 Å². The van der Waals surface area contributed by atoms with Crippen LogP contribution in [0.5, 0.6) is 0 Å². The fraction of sp³-hybridized carbons (Fsp3) is 0.211. The topological polar surface area (TPSA) is 24.9 Å². The van der Waals surface area contributed by atoms with Crippen molar-refractivity contribution in [2.75, 3.05) is 6.54 Å². The van der Waals surface area contributed by atoms with Gasteiger partial charge in [0.2, 0.25) is 0 Å². The smallest absolute Gasteiger partial charge is 0.110 e. The van der Waals surface area contributed by atoms with E-state index < -0.39 is 0 Å². The Bertz CT molecular complexity index is 716. The lowest BCUT2D eigenvalue weighted by atomic mass is 10.1. The summed E-state index contributed by atoms with van der Waals surface area (Å²) in [7, 11) is 0. The molecule has 1 aromatic carbocycles. The van der Waals surface area contributed by atoms with Crippen LogP contribution in [0.15, 0.2) is 64.3 Å². The Hall–Kier alpha value is -1.75. The number of rotatable bonds is 7. The molecule has 0 spiro atoms. The summed E-state index contributed by atoms with van der Waals surface area (Å²) in [6.45, 7) is 3.03. The number of hydrogen-bond donors (Lipinski definition) is 1. The van der Waals surface area contributed by atoms with Gasteiger partial charge in [0.15, 0.2) is 0 Å². The van der Waals surface area contributed by atoms with E-state index in [4.69, 9.17) is 0 Å². The van der Waals surface area contributed by atoms with Crippen LogP contribution in [-0.4, -0.2) is 11.5 Å². The molecule has 1 atom stereocenters. The van der Waals surface area contributed by atoms with Gasteiger partial charge < -0.3 is 5.32 Å². The summed E-state index contributed by atoms with van der Waals surface area (Å²) in [5.41, 5.74) is 3.94. The predicted molar refractivity (Wildman–Crippen MR) is 101 cm³/mol. The number of hydrogen-bond acceptors (Lipinski definition) is 4. The number of thiazole rings is 1. The zero-order valence-electron chi connectivity index (χ0n) is 13.1. The number of benzene rings is 1. The Morgan fingerprint density at radius 3 is 2.78 bits per heavy atom. The molecule has 0 fully saturated rings. The molecule has 0 unspecified atom stereocenters. The summed E-state index contributed by atoms with van der Waals surface area (Å²) in [4.78, 5) is 4.50. The van der Waals surface area contributed by atoms with E-state index in [1.165, 1.54) is 16.7 Å². The first-order valence-corrected chi connectivity index (χ1v) is 9.49. The highest BCUT2D eigenvalue weighted by atomic mass is 32.1. The van der Waals surface area contributed by atoms with Crippen LogP contribution in [0.3, 0.4) is 0 Å². The average Bonchev–Trinajstić information content (AvgIpc) is 3.26. The molecule has 4 heteroatoms. The maximum absolute atomic E-state index is 4.50. The fourth-order valence-electron chi connectivity index (χ4n) is 2.47. The van der Waals surface area contributed by atoms with E-state index in [9.17, 15) is 0 Å². The number of nitrogens with one attached hydrogen (secondary N) is 1. The lowest BCUT2D eigenvalue weighted by Gasteiger charge is -2.16. The van der Waals surface area contributed by atoms with Gasteiger partial charge in [-0.15, -0.1) is 11.3 Å². The molecule has 2 aromatic heterocycles. The van der Waals surface area contributed by atoms with Crippen molar-refractivity contribution in [1.29, 1.82) is 0 Å². The lowest BCUT2D eigenvalue weighted by Crippen LogP contribution is -2.24. The SMILES string of the molecule is C/C(=C\c1ccccc1)CN[C@@H](Cc1ccsc1)c1nccs1. The van der Waals surface area contributed by atoms with Gasteiger partial charge in [-0.2, -0.15) is 11.3 Å². The van der Waals surface area contributed by atoms with Crippen LogP contribution in [0, 0.1) is 0 Å². The molecule has 0 aliphatic rings. The highest BCUT2D eigenvalue weighted by Crippen LogP contribution is 2.22. The van der Waals surface area contributed by atoms with Gasteiger partial charge >= 0.3 is 0 Å². The van der Waals surface area contributed by atoms with Crippen molar-refractivity contribution in [3.8, 4) is 0 Å². The van der Waals surface area contributed by atoms with Crippen molar-refractivity contribution in [2.24, 2.45) is 0 Å². The quantitative estimate of drug-likeness (QED) is 0.641. The molecule has 0 saturated carbocycles. The average molecular weight is 341 g/mol. The highest BCUT2D eigenvalue weighted by Gasteiger charge is 2.14. The molecule has 0 aliphatic carbocycles. The minimum absolute atomic E-state index is 0.267. The molecule has 2 nitrogen and oxygen atoms in total. The zero-order valence-corrected chi connectivity index (χ0v) is 14.7. The second-order valence-electron chi connectivity index (χ2n) is 5.54. The van der Waals surface area contributed by atoms with Crippen LogP contribution in [0.4, 0.5) is 0 Å². The lowest BCUT2D eigenvalue weighted by molar-refractivity contribution is 0.555. The standard InChI is InChI=1S/C19H20N2S2/c1-15(11-16-5-3-2-4-6-16)13-21-18(19-20-8-10-23-19)12-17-7-9-22-14-17/h2-11,14,18,21H,12-13H2,1H3/b15-11+/t18-/m0/s1. The largest absolute Gasteiger partial charge is 0.304 e. The maximum Gasteiger partial charge on any atom is 0.110 e. The highest BCUT2D eigenvalue weighted by molar-refractivity contribution is 7.09. The van der Waals surface area contributed by atoms with E-state index in [1.54, 1.807) is 22.7 Å². The van der Waals surface area contributed by atoms with E-state index in [-0.39, 0.29) is 6.04 Å². The van der Waals surface area contributed by atoms with Crippen molar-refractivity contribution in [3.05, 3.63) is 80.4 Å². The molecule has 0 radical (unpaired) electrons. The number of nitrogens with zero attached hydrogens (tertiary/aromatic N) is 1. The number of thiophene rings is 1. The van der Waals surface area contributed by atoms with Crippen LogP contribution in [-0.2, 0) is 6.42 Å². The molecule has 3 aromatic rings. The van der Waals surface area contributed by atoms with Crippen molar-refractivity contribution >= 4 is 28.7 Å². The molecular formula is C19H20N2S2.